The molecule has 0 aliphatic carbocycles. The Labute approximate surface area is 113 Å². The van der Waals surface area contributed by atoms with Crippen molar-refractivity contribution in [3.63, 3.8) is 0 Å². The predicted octanol–water partition coefficient (Wildman–Crippen LogP) is 2.93. The van der Waals surface area contributed by atoms with E-state index in [1.54, 1.807) is 11.8 Å². The zero-order valence-corrected chi connectivity index (χ0v) is 12.1. The summed E-state index contributed by atoms with van der Waals surface area (Å²) in [4.78, 5) is 1.26. The van der Waals surface area contributed by atoms with Crippen LogP contribution in [0.2, 0.25) is 0 Å². The molecule has 0 unspecified atom stereocenters. The maximum atomic E-state index is 4.64. The van der Waals surface area contributed by atoms with Crippen molar-refractivity contribution in [3.05, 3.63) is 41.2 Å². The van der Waals surface area contributed by atoms with Gasteiger partial charge < -0.3 is 5.32 Å². The normalized spacial score (nSPS) is 10.9. The van der Waals surface area contributed by atoms with Gasteiger partial charge in [-0.15, -0.1) is 11.8 Å². The second-order valence-corrected chi connectivity index (χ2v) is 5.17. The van der Waals surface area contributed by atoms with Gasteiger partial charge in [0.15, 0.2) is 0 Å². The average Bonchev–Trinajstić information content (AvgIpc) is 2.67. The molecule has 96 valence electrons. The van der Waals surface area contributed by atoms with E-state index in [1.807, 2.05) is 11.7 Å². The van der Waals surface area contributed by atoms with E-state index in [9.17, 15) is 0 Å². The molecular formula is C14H19N3S. The number of benzene rings is 1. The van der Waals surface area contributed by atoms with E-state index >= 15 is 0 Å². The third-order valence-electron chi connectivity index (χ3n) is 3.09. The Morgan fingerprint density at radius 3 is 2.78 bits per heavy atom. The van der Waals surface area contributed by atoms with Gasteiger partial charge in [-0.1, -0.05) is 6.07 Å². The first-order valence-electron chi connectivity index (χ1n) is 6.01. The highest BCUT2D eigenvalue weighted by molar-refractivity contribution is 7.98. The number of rotatable bonds is 4. The van der Waals surface area contributed by atoms with E-state index < -0.39 is 0 Å². The monoisotopic (exact) mass is 261 g/mol. The van der Waals surface area contributed by atoms with Crippen LogP contribution in [0.15, 0.2) is 29.2 Å². The Hall–Kier alpha value is -1.26. The van der Waals surface area contributed by atoms with E-state index in [0.29, 0.717) is 0 Å². The summed E-state index contributed by atoms with van der Waals surface area (Å²) in [5.74, 6) is 0. The predicted molar refractivity (Wildman–Crippen MR) is 77.6 cm³/mol. The van der Waals surface area contributed by atoms with Gasteiger partial charge in [0, 0.05) is 22.7 Å². The summed E-state index contributed by atoms with van der Waals surface area (Å²) in [5, 5.41) is 7.84. The average molecular weight is 261 g/mol. The van der Waals surface area contributed by atoms with E-state index in [-0.39, 0.29) is 0 Å². The lowest BCUT2D eigenvalue weighted by Gasteiger charge is -2.06. The highest BCUT2D eigenvalue weighted by atomic mass is 32.2. The number of nitrogens with one attached hydrogen (secondary N) is 1. The first-order valence-corrected chi connectivity index (χ1v) is 7.24. The van der Waals surface area contributed by atoms with Gasteiger partial charge >= 0.3 is 0 Å². The molecule has 1 N–H and O–H groups in total. The fraction of sp³-hybridized carbons (Fsp3) is 0.357. The number of hydrogen-bond acceptors (Lipinski definition) is 3. The van der Waals surface area contributed by atoms with Gasteiger partial charge in [-0.2, -0.15) is 5.10 Å². The topological polar surface area (TPSA) is 29.9 Å². The Balaban J connectivity index is 2.47. The molecule has 1 aromatic carbocycles. The zero-order valence-electron chi connectivity index (χ0n) is 11.3. The fourth-order valence-electron chi connectivity index (χ4n) is 2.10. The van der Waals surface area contributed by atoms with Crippen molar-refractivity contribution in [1.29, 1.82) is 0 Å². The highest BCUT2D eigenvalue weighted by Crippen LogP contribution is 2.21. The van der Waals surface area contributed by atoms with Crippen LogP contribution in [0.5, 0.6) is 0 Å². The van der Waals surface area contributed by atoms with Crippen LogP contribution in [0, 0.1) is 13.8 Å². The van der Waals surface area contributed by atoms with E-state index in [2.05, 4.69) is 54.8 Å². The van der Waals surface area contributed by atoms with Gasteiger partial charge in [0.25, 0.3) is 0 Å². The molecule has 3 nitrogen and oxygen atoms in total. The van der Waals surface area contributed by atoms with Crippen LogP contribution in [0.25, 0.3) is 5.69 Å². The van der Waals surface area contributed by atoms with Crippen LogP contribution < -0.4 is 5.32 Å². The van der Waals surface area contributed by atoms with Crippen LogP contribution in [-0.2, 0) is 6.54 Å². The van der Waals surface area contributed by atoms with Crippen LogP contribution in [-0.4, -0.2) is 23.1 Å². The molecule has 2 aromatic rings. The molecule has 0 fully saturated rings. The summed E-state index contributed by atoms with van der Waals surface area (Å²) in [6.07, 6.45) is 2.09. The van der Waals surface area contributed by atoms with Crippen LogP contribution in [0.1, 0.15) is 17.0 Å². The minimum atomic E-state index is 0.861. The molecule has 0 saturated carbocycles. The summed E-state index contributed by atoms with van der Waals surface area (Å²) in [7, 11) is 1.96. The van der Waals surface area contributed by atoms with Gasteiger partial charge in [0.1, 0.15) is 0 Å². The first kappa shape index (κ1) is 13.2. The second kappa shape index (κ2) is 5.59. The van der Waals surface area contributed by atoms with Crippen LogP contribution in [0.3, 0.4) is 0 Å². The number of aryl methyl sites for hydroxylation is 1. The summed E-state index contributed by atoms with van der Waals surface area (Å²) in [6.45, 7) is 5.05. The minimum Gasteiger partial charge on any atom is -0.316 e. The quantitative estimate of drug-likeness (QED) is 0.858. The summed E-state index contributed by atoms with van der Waals surface area (Å²) in [6, 6.07) is 8.47. The van der Waals surface area contributed by atoms with Crippen molar-refractivity contribution in [2.45, 2.75) is 25.3 Å². The Kier molecular flexibility index (Phi) is 4.09. The third-order valence-corrected chi connectivity index (χ3v) is 3.82. The van der Waals surface area contributed by atoms with E-state index in [4.69, 9.17) is 0 Å². The van der Waals surface area contributed by atoms with Crippen LogP contribution in [0.4, 0.5) is 0 Å². The van der Waals surface area contributed by atoms with Crippen molar-refractivity contribution >= 4 is 11.8 Å². The summed E-state index contributed by atoms with van der Waals surface area (Å²) < 4.78 is 2.03. The lowest BCUT2D eigenvalue weighted by Crippen LogP contribution is -2.07. The SMILES string of the molecule is CNCc1c(C)nn(-c2cccc(SC)c2)c1C. The molecule has 0 atom stereocenters. The number of hydrogen-bond donors (Lipinski definition) is 1. The zero-order chi connectivity index (χ0) is 13.1. The number of nitrogens with zero attached hydrogens (tertiary/aromatic N) is 2. The molecule has 1 aromatic heterocycles. The smallest absolute Gasteiger partial charge is 0.0660 e. The molecule has 18 heavy (non-hydrogen) atoms. The summed E-state index contributed by atoms with van der Waals surface area (Å²) in [5.41, 5.74) is 4.72. The molecule has 2 rings (SSSR count). The van der Waals surface area contributed by atoms with Crippen molar-refractivity contribution in [2.24, 2.45) is 0 Å². The molecule has 1 heterocycles. The number of aromatic nitrogens is 2. The molecule has 0 bridgehead atoms. The lowest BCUT2D eigenvalue weighted by molar-refractivity contribution is 0.800. The molecule has 0 amide bonds. The van der Waals surface area contributed by atoms with Crippen molar-refractivity contribution in [2.75, 3.05) is 13.3 Å². The maximum Gasteiger partial charge on any atom is 0.0660 e. The van der Waals surface area contributed by atoms with Crippen molar-refractivity contribution < 1.29 is 0 Å². The summed E-state index contributed by atoms with van der Waals surface area (Å²) >= 11 is 1.75. The minimum absolute atomic E-state index is 0.861. The van der Waals surface area contributed by atoms with E-state index in [1.165, 1.54) is 16.2 Å². The molecule has 0 aliphatic heterocycles. The largest absolute Gasteiger partial charge is 0.316 e. The Bertz CT molecular complexity index is 546. The molecular weight excluding hydrogens is 242 g/mol. The van der Waals surface area contributed by atoms with Gasteiger partial charge in [0.2, 0.25) is 0 Å². The molecule has 0 aliphatic rings. The standard InChI is InChI=1S/C14H19N3S/c1-10-14(9-15-3)11(2)17(16-10)12-6-5-7-13(8-12)18-4/h5-8,15H,9H2,1-4H3. The highest BCUT2D eigenvalue weighted by Gasteiger charge is 2.11. The van der Waals surface area contributed by atoms with E-state index in [0.717, 1.165) is 17.9 Å². The van der Waals surface area contributed by atoms with Gasteiger partial charge in [-0.05, 0) is 45.4 Å². The number of thioether (sulfide) groups is 1. The van der Waals surface area contributed by atoms with Gasteiger partial charge in [-0.3, -0.25) is 0 Å². The maximum absolute atomic E-state index is 4.64. The second-order valence-electron chi connectivity index (χ2n) is 4.29. The molecule has 0 spiro atoms. The van der Waals surface area contributed by atoms with Crippen molar-refractivity contribution in [1.82, 2.24) is 15.1 Å². The Morgan fingerprint density at radius 2 is 2.11 bits per heavy atom. The third kappa shape index (κ3) is 2.44. The lowest BCUT2D eigenvalue weighted by atomic mass is 10.2. The molecule has 0 saturated heterocycles. The Morgan fingerprint density at radius 1 is 1.33 bits per heavy atom. The molecule has 4 heteroatoms. The molecule has 0 radical (unpaired) electrons. The van der Waals surface area contributed by atoms with Gasteiger partial charge in [0.05, 0.1) is 11.4 Å². The van der Waals surface area contributed by atoms with Gasteiger partial charge in [-0.25, -0.2) is 4.68 Å². The first-order chi connectivity index (χ1) is 8.67. The van der Waals surface area contributed by atoms with Crippen LogP contribution >= 0.6 is 11.8 Å². The van der Waals surface area contributed by atoms with Crippen molar-refractivity contribution in [3.8, 4) is 5.69 Å². The fourth-order valence-corrected chi connectivity index (χ4v) is 2.55.